The van der Waals surface area contributed by atoms with Crippen molar-refractivity contribution in [1.82, 2.24) is 14.9 Å². The van der Waals surface area contributed by atoms with Crippen LogP contribution in [0, 0.1) is 0 Å². The molecule has 0 radical (unpaired) electrons. The van der Waals surface area contributed by atoms with E-state index in [1.54, 1.807) is 11.3 Å². The van der Waals surface area contributed by atoms with Crippen molar-refractivity contribution in [2.75, 3.05) is 6.54 Å². The van der Waals surface area contributed by atoms with Gasteiger partial charge in [-0.2, -0.15) is 11.3 Å². The minimum Gasteiger partial charge on any atom is -0.332 e. The number of aromatic nitrogens is 2. The zero-order valence-corrected chi connectivity index (χ0v) is 13.2. The molecular weight excluding hydrogens is 278 g/mol. The zero-order chi connectivity index (χ0) is 14.5. The first-order valence-electron chi connectivity index (χ1n) is 7.53. The van der Waals surface area contributed by atoms with E-state index < -0.39 is 0 Å². The molecule has 4 heteroatoms. The first-order chi connectivity index (χ1) is 10.4. The Kier molecular flexibility index (Phi) is 4.68. The van der Waals surface area contributed by atoms with E-state index in [1.165, 1.54) is 16.5 Å². The van der Waals surface area contributed by atoms with Crippen LogP contribution in [0.4, 0.5) is 0 Å². The predicted octanol–water partition coefficient (Wildman–Crippen LogP) is 3.84. The molecule has 0 bridgehead atoms. The molecule has 21 heavy (non-hydrogen) atoms. The van der Waals surface area contributed by atoms with E-state index in [2.05, 4.69) is 50.9 Å². The Labute approximate surface area is 129 Å². The minimum absolute atomic E-state index is 0.918. The van der Waals surface area contributed by atoms with Gasteiger partial charge in [-0.3, -0.25) is 0 Å². The van der Waals surface area contributed by atoms with Gasteiger partial charge in [-0.05, 0) is 59.5 Å². The van der Waals surface area contributed by atoms with Gasteiger partial charge in [0.2, 0.25) is 0 Å². The summed E-state index contributed by atoms with van der Waals surface area (Å²) in [5.41, 5.74) is 3.85. The van der Waals surface area contributed by atoms with Gasteiger partial charge in [-0.25, -0.2) is 4.98 Å². The Balaban J connectivity index is 1.80. The van der Waals surface area contributed by atoms with Gasteiger partial charge < -0.3 is 9.88 Å². The Morgan fingerprint density at radius 2 is 2.29 bits per heavy atom. The average molecular weight is 299 g/mol. The lowest BCUT2D eigenvalue weighted by atomic mass is 10.2. The van der Waals surface area contributed by atoms with Gasteiger partial charge in [0.05, 0.1) is 0 Å². The van der Waals surface area contributed by atoms with Crippen LogP contribution in [-0.4, -0.2) is 16.1 Å². The summed E-state index contributed by atoms with van der Waals surface area (Å²) in [6, 6.07) is 6.40. The number of pyridine rings is 1. The molecule has 3 rings (SSSR count). The normalized spacial score (nSPS) is 11.3. The number of hydrogen-bond acceptors (Lipinski definition) is 3. The second-order valence-corrected chi connectivity index (χ2v) is 6.06. The third kappa shape index (κ3) is 3.34. The summed E-state index contributed by atoms with van der Waals surface area (Å²) in [7, 11) is 0. The van der Waals surface area contributed by atoms with E-state index in [9.17, 15) is 0 Å². The highest BCUT2D eigenvalue weighted by Crippen LogP contribution is 2.20. The first kappa shape index (κ1) is 14.3. The maximum Gasteiger partial charge on any atom is 0.140 e. The maximum atomic E-state index is 4.57. The fraction of sp³-hybridized carbons (Fsp3) is 0.353. The van der Waals surface area contributed by atoms with Gasteiger partial charge in [-0.1, -0.05) is 6.92 Å². The van der Waals surface area contributed by atoms with Crippen molar-refractivity contribution in [2.45, 2.75) is 32.9 Å². The number of fused-ring (bicyclic) bond motifs is 1. The van der Waals surface area contributed by atoms with E-state index in [4.69, 9.17) is 0 Å². The van der Waals surface area contributed by atoms with Gasteiger partial charge in [0.1, 0.15) is 5.65 Å². The Hall–Kier alpha value is -1.65. The third-order valence-electron chi connectivity index (χ3n) is 3.68. The van der Waals surface area contributed by atoms with Crippen LogP contribution >= 0.6 is 11.3 Å². The van der Waals surface area contributed by atoms with E-state index in [1.807, 2.05) is 12.3 Å². The Morgan fingerprint density at radius 1 is 1.33 bits per heavy atom. The summed E-state index contributed by atoms with van der Waals surface area (Å²) in [5.74, 6) is 0. The molecule has 3 aromatic rings. The van der Waals surface area contributed by atoms with Gasteiger partial charge in [0.15, 0.2) is 0 Å². The molecule has 0 spiro atoms. The molecule has 0 aliphatic carbocycles. The molecular formula is C17H21N3S. The average Bonchev–Trinajstić information content (AvgIpc) is 3.14. The molecule has 0 fully saturated rings. The minimum atomic E-state index is 0.918. The van der Waals surface area contributed by atoms with E-state index in [0.717, 1.165) is 38.1 Å². The molecule has 3 nitrogen and oxygen atoms in total. The summed E-state index contributed by atoms with van der Waals surface area (Å²) in [4.78, 5) is 4.57. The lowest BCUT2D eigenvalue weighted by molar-refractivity contribution is 0.669. The van der Waals surface area contributed by atoms with Crippen molar-refractivity contribution < 1.29 is 0 Å². The van der Waals surface area contributed by atoms with Crippen LogP contribution in [0.5, 0.6) is 0 Å². The Morgan fingerprint density at radius 3 is 3.10 bits per heavy atom. The van der Waals surface area contributed by atoms with Crippen molar-refractivity contribution in [3.8, 4) is 0 Å². The standard InChI is InChI=1S/C17H21N3S/c1-2-7-18-11-15-12-20(9-5-14-6-10-21-13-14)17-16(15)4-3-8-19-17/h3-4,6,8,10,12-13,18H,2,5,7,9,11H2,1H3. The lowest BCUT2D eigenvalue weighted by Gasteiger charge is -2.03. The number of nitrogens with one attached hydrogen (secondary N) is 1. The molecule has 0 amide bonds. The number of rotatable bonds is 7. The van der Waals surface area contributed by atoms with Crippen LogP contribution < -0.4 is 5.32 Å². The van der Waals surface area contributed by atoms with Crippen LogP contribution in [0.15, 0.2) is 41.4 Å². The van der Waals surface area contributed by atoms with Gasteiger partial charge in [0, 0.05) is 30.9 Å². The summed E-state index contributed by atoms with van der Waals surface area (Å²) in [6.07, 6.45) is 6.36. The highest BCUT2D eigenvalue weighted by atomic mass is 32.1. The van der Waals surface area contributed by atoms with Crippen LogP contribution in [0.2, 0.25) is 0 Å². The second-order valence-electron chi connectivity index (χ2n) is 5.28. The molecule has 0 aliphatic heterocycles. The molecule has 3 heterocycles. The summed E-state index contributed by atoms with van der Waals surface area (Å²) in [5, 5.41) is 9.12. The van der Waals surface area contributed by atoms with Crippen molar-refractivity contribution in [1.29, 1.82) is 0 Å². The number of nitrogens with zero attached hydrogens (tertiary/aromatic N) is 2. The molecule has 0 saturated heterocycles. The SMILES string of the molecule is CCCNCc1cn(CCc2ccsc2)c2ncccc12. The number of aryl methyl sites for hydroxylation is 2. The van der Waals surface area contributed by atoms with E-state index in [0.29, 0.717) is 0 Å². The topological polar surface area (TPSA) is 29.9 Å². The molecule has 0 saturated carbocycles. The Bertz CT molecular complexity index is 685. The van der Waals surface area contributed by atoms with Crippen molar-refractivity contribution in [3.63, 3.8) is 0 Å². The summed E-state index contributed by atoms with van der Waals surface area (Å²) < 4.78 is 2.29. The van der Waals surface area contributed by atoms with Crippen LogP contribution in [0.3, 0.4) is 0 Å². The number of hydrogen-bond donors (Lipinski definition) is 1. The third-order valence-corrected chi connectivity index (χ3v) is 4.41. The molecule has 1 N–H and O–H groups in total. The van der Waals surface area contributed by atoms with E-state index >= 15 is 0 Å². The zero-order valence-electron chi connectivity index (χ0n) is 12.4. The predicted molar refractivity (Wildman–Crippen MR) is 89.8 cm³/mol. The monoisotopic (exact) mass is 299 g/mol. The van der Waals surface area contributed by atoms with Gasteiger partial charge in [-0.15, -0.1) is 0 Å². The van der Waals surface area contributed by atoms with Crippen LogP contribution in [0.1, 0.15) is 24.5 Å². The smallest absolute Gasteiger partial charge is 0.140 e. The lowest BCUT2D eigenvalue weighted by Crippen LogP contribution is -2.13. The fourth-order valence-electron chi connectivity index (χ4n) is 2.59. The van der Waals surface area contributed by atoms with Crippen molar-refractivity contribution in [3.05, 3.63) is 52.5 Å². The molecule has 0 aliphatic rings. The van der Waals surface area contributed by atoms with E-state index in [-0.39, 0.29) is 0 Å². The molecule has 0 unspecified atom stereocenters. The quantitative estimate of drug-likeness (QED) is 0.672. The maximum absolute atomic E-state index is 4.57. The fourth-order valence-corrected chi connectivity index (χ4v) is 3.29. The summed E-state index contributed by atoms with van der Waals surface area (Å²) in [6.45, 7) is 5.15. The molecule has 3 aromatic heterocycles. The highest BCUT2D eigenvalue weighted by molar-refractivity contribution is 7.07. The highest BCUT2D eigenvalue weighted by Gasteiger charge is 2.09. The largest absolute Gasteiger partial charge is 0.332 e. The molecule has 0 aromatic carbocycles. The summed E-state index contributed by atoms with van der Waals surface area (Å²) >= 11 is 1.76. The van der Waals surface area contributed by atoms with Crippen LogP contribution in [0.25, 0.3) is 11.0 Å². The first-order valence-corrected chi connectivity index (χ1v) is 8.47. The van der Waals surface area contributed by atoms with Crippen LogP contribution in [-0.2, 0) is 19.5 Å². The van der Waals surface area contributed by atoms with Crippen molar-refractivity contribution >= 4 is 22.4 Å². The number of thiophene rings is 1. The second kappa shape index (κ2) is 6.87. The molecule has 110 valence electrons. The van der Waals surface area contributed by atoms with Gasteiger partial charge in [0.25, 0.3) is 0 Å². The van der Waals surface area contributed by atoms with Gasteiger partial charge >= 0.3 is 0 Å². The molecule has 0 atom stereocenters. The van der Waals surface area contributed by atoms with Crippen molar-refractivity contribution in [2.24, 2.45) is 0 Å².